The number of aliphatic hydroxyl groups is 1. The van der Waals surface area contributed by atoms with Crippen LogP contribution in [0.2, 0.25) is 0 Å². The maximum absolute atomic E-state index is 11.9. The summed E-state index contributed by atoms with van der Waals surface area (Å²) in [4.78, 5) is 11.9. The number of ether oxygens (including phenoxy) is 1. The Morgan fingerprint density at radius 1 is 1.50 bits per heavy atom. The number of hydrogen-bond acceptors (Lipinski definition) is 3. The van der Waals surface area contributed by atoms with Crippen LogP contribution in [0.15, 0.2) is 18.2 Å². The van der Waals surface area contributed by atoms with E-state index in [1.807, 2.05) is 32.0 Å². The number of benzene rings is 1. The molecule has 4 nitrogen and oxygen atoms in total. The molecular formula is C16H21NO3. The second kappa shape index (κ2) is 8.36. The molecule has 1 atom stereocenters. The molecule has 0 aliphatic heterocycles. The number of amides is 1. The lowest BCUT2D eigenvalue weighted by Crippen LogP contribution is -2.17. The zero-order chi connectivity index (χ0) is 15.0. The van der Waals surface area contributed by atoms with Crippen molar-refractivity contribution in [3.8, 4) is 11.8 Å². The number of carbonyl (C=O) groups is 1. The molecule has 0 aromatic heterocycles. The van der Waals surface area contributed by atoms with E-state index in [9.17, 15) is 4.79 Å². The monoisotopic (exact) mass is 275 g/mol. The minimum absolute atomic E-state index is 0.0422. The predicted octanol–water partition coefficient (Wildman–Crippen LogP) is 1.95. The van der Waals surface area contributed by atoms with Crippen molar-refractivity contribution in [1.82, 2.24) is 0 Å². The number of anilines is 1. The Bertz CT molecular complexity index is 514. The van der Waals surface area contributed by atoms with Gasteiger partial charge in [0.15, 0.2) is 0 Å². The van der Waals surface area contributed by atoms with Gasteiger partial charge in [-0.25, -0.2) is 0 Å². The molecular weight excluding hydrogens is 254 g/mol. The van der Waals surface area contributed by atoms with Crippen molar-refractivity contribution < 1.29 is 14.6 Å². The van der Waals surface area contributed by atoms with Gasteiger partial charge in [-0.1, -0.05) is 24.8 Å². The van der Waals surface area contributed by atoms with E-state index in [0.29, 0.717) is 18.7 Å². The van der Waals surface area contributed by atoms with Gasteiger partial charge in [0.05, 0.1) is 0 Å². The van der Waals surface area contributed by atoms with E-state index in [4.69, 9.17) is 9.84 Å². The first-order valence-corrected chi connectivity index (χ1v) is 6.56. The van der Waals surface area contributed by atoms with Crippen LogP contribution in [0.3, 0.4) is 0 Å². The van der Waals surface area contributed by atoms with Crippen LogP contribution in [0, 0.1) is 24.7 Å². The van der Waals surface area contributed by atoms with Gasteiger partial charge in [0, 0.05) is 31.4 Å². The average molecular weight is 275 g/mol. The molecule has 108 valence electrons. The van der Waals surface area contributed by atoms with Crippen molar-refractivity contribution in [1.29, 1.82) is 0 Å². The highest BCUT2D eigenvalue weighted by Gasteiger charge is 2.09. The van der Waals surface area contributed by atoms with Crippen molar-refractivity contribution in [2.24, 2.45) is 5.92 Å². The van der Waals surface area contributed by atoms with E-state index in [-0.39, 0.29) is 18.4 Å². The number of methoxy groups -OCH3 is 1. The first kappa shape index (κ1) is 16.2. The summed E-state index contributed by atoms with van der Waals surface area (Å²) in [5.74, 6) is 5.61. The standard InChI is InChI=1S/C16H21NO3/c1-12(11-20-3)9-16(19)17-15-7-6-13(2)14(10-15)5-4-8-18/h6-7,10,12,18H,8-9,11H2,1-3H3,(H,17,19). The van der Waals surface area contributed by atoms with Crippen molar-refractivity contribution >= 4 is 11.6 Å². The van der Waals surface area contributed by atoms with Gasteiger partial charge >= 0.3 is 0 Å². The van der Waals surface area contributed by atoms with Crippen LogP contribution < -0.4 is 5.32 Å². The summed E-state index contributed by atoms with van der Waals surface area (Å²) in [6.45, 7) is 4.29. The van der Waals surface area contributed by atoms with E-state index in [0.717, 1.165) is 11.1 Å². The molecule has 1 rings (SSSR count). The molecule has 4 heteroatoms. The molecule has 0 saturated carbocycles. The Balaban J connectivity index is 2.70. The maximum atomic E-state index is 11.9. The highest BCUT2D eigenvalue weighted by atomic mass is 16.5. The first-order valence-electron chi connectivity index (χ1n) is 6.56. The third-order valence-corrected chi connectivity index (χ3v) is 2.81. The van der Waals surface area contributed by atoms with Crippen LogP contribution in [0.1, 0.15) is 24.5 Å². The Kier molecular flexibility index (Phi) is 6.78. The molecule has 0 saturated heterocycles. The highest BCUT2D eigenvalue weighted by Crippen LogP contribution is 2.15. The van der Waals surface area contributed by atoms with Gasteiger partial charge in [-0.15, -0.1) is 0 Å². The van der Waals surface area contributed by atoms with Gasteiger partial charge in [0.25, 0.3) is 0 Å². The van der Waals surface area contributed by atoms with E-state index < -0.39 is 0 Å². The minimum atomic E-state index is -0.176. The zero-order valence-corrected chi connectivity index (χ0v) is 12.2. The zero-order valence-electron chi connectivity index (χ0n) is 12.2. The third-order valence-electron chi connectivity index (χ3n) is 2.81. The SMILES string of the molecule is COCC(C)CC(=O)Nc1ccc(C)c(C#CCO)c1. The van der Waals surface area contributed by atoms with Crippen molar-refractivity contribution in [2.75, 3.05) is 25.6 Å². The minimum Gasteiger partial charge on any atom is -0.384 e. The van der Waals surface area contributed by atoms with Gasteiger partial charge in [0.2, 0.25) is 5.91 Å². The largest absolute Gasteiger partial charge is 0.384 e. The third kappa shape index (κ3) is 5.43. The lowest BCUT2D eigenvalue weighted by molar-refractivity contribution is -0.117. The second-order valence-electron chi connectivity index (χ2n) is 4.80. The Morgan fingerprint density at radius 3 is 2.90 bits per heavy atom. The van der Waals surface area contributed by atoms with Crippen LogP contribution >= 0.6 is 0 Å². The summed E-state index contributed by atoms with van der Waals surface area (Å²) < 4.78 is 5.01. The summed E-state index contributed by atoms with van der Waals surface area (Å²) in [6, 6.07) is 5.56. The summed E-state index contributed by atoms with van der Waals surface area (Å²) >= 11 is 0. The van der Waals surface area contributed by atoms with Gasteiger partial charge in [-0.05, 0) is 30.5 Å². The Labute approximate surface area is 120 Å². The van der Waals surface area contributed by atoms with Crippen LogP contribution in [-0.2, 0) is 9.53 Å². The number of aryl methyl sites for hydroxylation is 1. The van der Waals surface area contributed by atoms with E-state index in [1.165, 1.54) is 0 Å². The van der Waals surface area contributed by atoms with Gasteiger partial charge in [-0.2, -0.15) is 0 Å². The van der Waals surface area contributed by atoms with E-state index in [1.54, 1.807) is 7.11 Å². The Morgan fingerprint density at radius 2 is 2.25 bits per heavy atom. The fourth-order valence-corrected chi connectivity index (χ4v) is 1.84. The molecule has 0 aliphatic rings. The molecule has 0 bridgehead atoms. The van der Waals surface area contributed by atoms with Crippen LogP contribution in [0.5, 0.6) is 0 Å². The molecule has 1 amide bonds. The molecule has 1 aromatic rings. The van der Waals surface area contributed by atoms with Crippen molar-refractivity contribution in [3.05, 3.63) is 29.3 Å². The second-order valence-corrected chi connectivity index (χ2v) is 4.80. The van der Waals surface area contributed by atoms with Crippen molar-refractivity contribution in [3.63, 3.8) is 0 Å². The molecule has 1 unspecified atom stereocenters. The summed E-state index contributed by atoms with van der Waals surface area (Å²) in [6.07, 6.45) is 0.416. The number of hydrogen-bond donors (Lipinski definition) is 2. The number of aliphatic hydroxyl groups excluding tert-OH is 1. The number of rotatable bonds is 5. The molecule has 0 aliphatic carbocycles. The lowest BCUT2D eigenvalue weighted by atomic mass is 10.1. The highest BCUT2D eigenvalue weighted by molar-refractivity contribution is 5.91. The molecule has 0 spiro atoms. The number of nitrogens with one attached hydrogen (secondary N) is 1. The normalized spacial score (nSPS) is 11.4. The quantitative estimate of drug-likeness (QED) is 0.808. The van der Waals surface area contributed by atoms with Gasteiger partial charge in [-0.3, -0.25) is 4.79 Å². The molecule has 0 fully saturated rings. The predicted molar refractivity (Wildman–Crippen MR) is 79.4 cm³/mol. The van der Waals surface area contributed by atoms with Crippen LogP contribution in [0.4, 0.5) is 5.69 Å². The average Bonchev–Trinajstić information content (AvgIpc) is 2.39. The Hall–Kier alpha value is -1.83. The van der Waals surface area contributed by atoms with Crippen LogP contribution in [-0.4, -0.2) is 31.3 Å². The van der Waals surface area contributed by atoms with Gasteiger partial charge in [0.1, 0.15) is 6.61 Å². The molecule has 20 heavy (non-hydrogen) atoms. The van der Waals surface area contributed by atoms with Gasteiger partial charge < -0.3 is 15.2 Å². The fourth-order valence-electron chi connectivity index (χ4n) is 1.84. The summed E-state index contributed by atoms with van der Waals surface area (Å²) in [5, 5.41) is 11.6. The summed E-state index contributed by atoms with van der Waals surface area (Å²) in [5.41, 5.74) is 2.53. The fraction of sp³-hybridized carbons (Fsp3) is 0.438. The molecule has 1 aromatic carbocycles. The van der Waals surface area contributed by atoms with E-state index in [2.05, 4.69) is 17.2 Å². The molecule has 0 radical (unpaired) electrons. The van der Waals surface area contributed by atoms with Crippen molar-refractivity contribution in [2.45, 2.75) is 20.3 Å². The lowest BCUT2D eigenvalue weighted by Gasteiger charge is -2.11. The smallest absolute Gasteiger partial charge is 0.224 e. The first-order chi connectivity index (χ1) is 9.56. The maximum Gasteiger partial charge on any atom is 0.224 e. The van der Waals surface area contributed by atoms with Crippen LogP contribution in [0.25, 0.3) is 0 Å². The van der Waals surface area contributed by atoms with E-state index >= 15 is 0 Å². The number of carbonyl (C=O) groups excluding carboxylic acids is 1. The molecule has 2 N–H and O–H groups in total. The topological polar surface area (TPSA) is 58.6 Å². The molecule has 0 heterocycles. The summed E-state index contributed by atoms with van der Waals surface area (Å²) in [7, 11) is 1.63.